The largest absolute Gasteiger partial charge is 0.346 e. The molecule has 0 unspecified atom stereocenters. The van der Waals surface area contributed by atoms with Crippen molar-refractivity contribution in [3.63, 3.8) is 0 Å². The van der Waals surface area contributed by atoms with E-state index in [-0.39, 0.29) is 11.9 Å². The van der Waals surface area contributed by atoms with Crippen molar-refractivity contribution in [1.82, 2.24) is 10.2 Å². The van der Waals surface area contributed by atoms with Crippen molar-refractivity contribution in [3.05, 3.63) is 70.8 Å². The van der Waals surface area contributed by atoms with E-state index in [0.29, 0.717) is 0 Å². The maximum absolute atomic E-state index is 12.6. The van der Waals surface area contributed by atoms with Gasteiger partial charge in [0.1, 0.15) is 0 Å². The van der Waals surface area contributed by atoms with Crippen molar-refractivity contribution in [2.24, 2.45) is 5.92 Å². The van der Waals surface area contributed by atoms with Gasteiger partial charge in [0.25, 0.3) is 5.91 Å². The van der Waals surface area contributed by atoms with E-state index in [1.54, 1.807) is 0 Å². The monoisotopic (exact) mass is 364 g/mol. The van der Waals surface area contributed by atoms with Gasteiger partial charge in [0, 0.05) is 12.1 Å². The van der Waals surface area contributed by atoms with Crippen molar-refractivity contribution in [3.8, 4) is 0 Å². The van der Waals surface area contributed by atoms with E-state index in [2.05, 4.69) is 60.5 Å². The van der Waals surface area contributed by atoms with Crippen LogP contribution in [-0.4, -0.2) is 23.9 Å². The highest BCUT2D eigenvalue weighted by Crippen LogP contribution is 2.19. The first-order chi connectivity index (χ1) is 13.0. The molecule has 1 N–H and O–H groups in total. The number of likely N-dealkylation sites (tertiary alicyclic amines) is 1. The number of nitrogens with one attached hydrogen (secondary N) is 1. The summed E-state index contributed by atoms with van der Waals surface area (Å²) in [4.78, 5) is 15.1. The molecule has 1 fully saturated rings. The first-order valence-electron chi connectivity index (χ1n) is 10.3. The van der Waals surface area contributed by atoms with Gasteiger partial charge < -0.3 is 5.32 Å². The minimum atomic E-state index is -0.0135. The van der Waals surface area contributed by atoms with Gasteiger partial charge in [0.05, 0.1) is 6.04 Å². The lowest BCUT2D eigenvalue weighted by molar-refractivity contribution is 0.0940. The standard InChI is InChI=1S/C24H32N2O/c1-4-20-5-9-22(10-6-20)19(3)25-24(27)23-11-7-21(8-12-23)17-26-15-13-18(2)14-16-26/h5-12,18-19H,4,13-17H2,1-3H3,(H,25,27)/t19-/m0/s1. The molecule has 3 nitrogen and oxygen atoms in total. The van der Waals surface area contributed by atoms with Gasteiger partial charge in [0.2, 0.25) is 0 Å². The second-order valence-electron chi connectivity index (χ2n) is 7.95. The number of aryl methyl sites for hydroxylation is 1. The molecule has 0 aromatic heterocycles. The number of hydrogen-bond acceptors (Lipinski definition) is 2. The molecule has 1 heterocycles. The van der Waals surface area contributed by atoms with Crippen LogP contribution in [0.4, 0.5) is 0 Å². The predicted octanol–water partition coefficient (Wildman–Crippen LogP) is 4.97. The number of nitrogens with zero attached hydrogens (tertiary/aromatic N) is 1. The van der Waals surface area contributed by atoms with Crippen LogP contribution in [0, 0.1) is 5.92 Å². The van der Waals surface area contributed by atoms with Crippen LogP contribution < -0.4 is 5.32 Å². The summed E-state index contributed by atoms with van der Waals surface area (Å²) >= 11 is 0. The van der Waals surface area contributed by atoms with E-state index in [1.165, 1.54) is 37.1 Å². The Hall–Kier alpha value is -2.13. The molecule has 1 aliphatic heterocycles. The third kappa shape index (κ3) is 5.43. The SMILES string of the molecule is CCc1ccc([C@H](C)NC(=O)c2ccc(CN3CCC(C)CC3)cc2)cc1. The van der Waals surface area contributed by atoms with Gasteiger partial charge in [-0.3, -0.25) is 9.69 Å². The van der Waals surface area contributed by atoms with Crippen molar-refractivity contribution >= 4 is 5.91 Å². The highest BCUT2D eigenvalue weighted by molar-refractivity contribution is 5.94. The lowest BCUT2D eigenvalue weighted by Gasteiger charge is -2.30. The van der Waals surface area contributed by atoms with E-state index in [9.17, 15) is 4.79 Å². The van der Waals surface area contributed by atoms with Gasteiger partial charge in [-0.1, -0.05) is 50.2 Å². The molecule has 1 atom stereocenters. The maximum Gasteiger partial charge on any atom is 0.251 e. The van der Waals surface area contributed by atoms with Crippen LogP contribution in [0.5, 0.6) is 0 Å². The molecule has 0 saturated carbocycles. The molecule has 0 aliphatic carbocycles. The van der Waals surface area contributed by atoms with Crippen LogP contribution in [0.25, 0.3) is 0 Å². The molecule has 2 aromatic rings. The smallest absolute Gasteiger partial charge is 0.251 e. The highest BCUT2D eigenvalue weighted by atomic mass is 16.1. The summed E-state index contributed by atoms with van der Waals surface area (Å²) in [5.74, 6) is 0.841. The molecule has 0 bridgehead atoms. The molecule has 144 valence electrons. The summed E-state index contributed by atoms with van der Waals surface area (Å²) in [5.41, 5.74) is 4.46. The molecule has 27 heavy (non-hydrogen) atoms. The Balaban J connectivity index is 1.55. The summed E-state index contributed by atoms with van der Waals surface area (Å²) in [5, 5.41) is 3.11. The van der Waals surface area contributed by atoms with E-state index < -0.39 is 0 Å². The number of carbonyl (C=O) groups excluding carboxylic acids is 1. The second kappa shape index (κ2) is 9.18. The Morgan fingerprint density at radius 1 is 1.04 bits per heavy atom. The number of amides is 1. The molecule has 1 aliphatic rings. The zero-order valence-corrected chi connectivity index (χ0v) is 16.9. The molecular weight excluding hydrogens is 332 g/mol. The Morgan fingerprint density at radius 3 is 2.22 bits per heavy atom. The molecule has 3 heteroatoms. The third-order valence-electron chi connectivity index (χ3n) is 5.73. The van der Waals surface area contributed by atoms with E-state index in [1.807, 2.05) is 19.1 Å². The molecule has 2 aromatic carbocycles. The molecule has 0 spiro atoms. The van der Waals surface area contributed by atoms with Crippen molar-refractivity contribution in [2.45, 2.75) is 52.6 Å². The zero-order valence-electron chi connectivity index (χ0n) is 16.9. The number of carbonyl (C=O) groups is 1. The van der Waals surface area contributed by atoms with Gasteiger partial charge in [-0.15, -0.1) is 0 Å². The predicted molar refractivity (Wildman–Crippen MR) is 112 cm³/mol. The van der Waals surface area contributed by atoms with Gasteiger partial charge >= 0.3 is 0 Å². The minimum Gasteiger partial charge on any atom is -0.346 e. The number of hydrogen-bond donors (Lipinski definition) is 1. The van der Waals surface area contributed by atoms with Gasteiger partial charge in [0.15, 0.2) is 0 Å². The summed E-state index contributed by atoms with van der Waals surface area (Å²) < 4.78 is 0. The number of piperidine rings is 1. The topological polar surface area (TPSA) is 32.3 Å². The molecule has 1 amide bonds. The Kier molecular flexibility index (Phi) is 6.68. The fourth-order valence-corrected chi connectivity index (χ4v) is 3.65. The Labute approximate surface area is 163 Å². The Morgan fingerprint density at radius 2 is 1.63 bits per heavy atom. The lowest BCUT2D eigenvalue weighted by Crippen LogP contribution is -2.32. The minimum absolute atomic E-state index is 0.00146. The average Bonchev–Trinajstić information content (AvgIpc) is 2.70. The molecular formula is C24H32N2O. The van der Waals surface area contributed by atoms with Crippen LogP contribution in [0.3, 0.4) is 0 Å². The molecule has 3 rings (SSSR count). The lowest BCUT2D eigenvalue weighted by atomic mass is 9.99. The quantitative estimate of drug-likeness (QED) is 0.785. The zero-order chi connectivity index (χ0) is 19.2. The van der Waals surface area contributed by atoms with Gasteiger partial charge in [-0.25, -0.2) is 0 Å². The summed E-state index contributed by atoms with van der Waals surface area (Å²) in [6, 6.07) is 16.6. The first kappa shape index (κ1) is 19.6. The van der Waals surface area contributed by atoms with E-state index >= 15 is 0 Å². The second-order valence-corrected chi connectivity index (χ2v) is 7.95. The summed E-state index contributed by atoms with van der Waals surface area (Å²) in [6.07, 6.45) is 3.61. The Bertz CT molecular complexity index is 728. The fourth-order valence-electron chi connectivity index (χ4n) is 3.65. The van der Waals surface area contributed by atoms with Crippen molar-refractivity contribution < 1.29 is 4.79 Å². The van der Waals surface area contributed by atoms with Crippen LogP contribution >= 0.6 is 0 Å². The van der Waals surface area contributed by atoms with Crippen molar-refractivity contribution in [1.29, 1.82) is 0 Å². The average molecular weight is 365 g/mol. The highest BCUT2D eigenvalue weighted by Gasteiger charge is 2.16. The number of benzene rings is 2. The van der Waals surface area contributed by atoms with Crippen molar-refractivity contribution in [2.75, 3.05) is 13.1 Å². The molecule has 0 radical (unpaired) electrons. The van der Waals surface area contributed by atoms with E-state index in [4.69, 9.17) is 0 Å². The van der Waals surface area contributed by atoms with Gasteiger partial charge in [-0.05, 0) is 74.0 Å². The van der Waals surface area contributed by atoms with Crippen LogP contribution in [0.2, 0.25) is 0 Å². The fraction of sp³-hybridized carbons (Fsp3) is 0.458. The molecule has 1 saturated heterocycles. The van der Waals surface area contributed by atoms with E-state index in [0.717, 1.165) is 30.0 Å². The summed E-state index contributed by atoms with van der Waals surface area (Å²) in [6.45, 7) is 9.86. The maximum atomic E-state index is 12.6. The van der Waals surface area contributed by atoms with Crippen LogP contribution in [-0.2, 0) is 13.0 Å². The normalized spacial score (nSPS) is 16.9. The third-order valence-corrected chi connectivity index (χ3v) is 5.73. The summed E-state index contributed by atoms with van der Waals surface area (Å²) in [7, 11) is 0. The van der Waals surface area contributed by atoms with Crippen LogP contribution in [0.1, 0.15) is 66.7 Å². The first-order valence-corrected chi connectivity index (χ1v) is 10.3. The van der Waals surface area contributed by atoms with Crippen LogP contribution in [0.15, 0.2) is 48.5 Å². The number of rotatable bonds is 6. The van der Waals surface area contributed by atoms with Gasteiger partial charge in [-0.2, -0.15) is 0 Å².